The first-order chi connectivity index (χ1) is 26.2. The molecule has 0 bridgehead atoms. The van der Waals surface area contributed by atoms with Gasteiger partial charge in [0.25, 0.3) is 0 Å². The number of halogens is 3. The summed E-state index contributed by atoms with van der Waals surface area (Å²) >= 11 is 7.95. The van der Waals surface area contributed by atoms with Crippen molar-refractivity contribution < 1.29 is 18.3 Å². The van der Waals surface area contributed by atoms with Crippen LogP contribution in [0.2, 0.25) is 5.02 Å². The van der Waals surface area contributed by atoms with Gasteiger partial charge >= 0.3 is 12.0 Å². The van der Waals surface area contributed by atoms with Gasteiger partial charge < -0.3 is 20.3 Å². The number of nitrogens with zero attached hydrogens (tertiary/aromatic N) is 9. The van der Waals surface area contributed by atoms with Gasteiger partial charge in [-0.3, -0.25) is 4.90 Å². The average Bonchev–Trinajstić information content (AvgIpc) is 3.50. The quantitative estimate of drug-likeness (QED) is 0.195. The van der Waals surface area contributed by atoms with Crippen molar-refractivity contribution in [2.24, 2.45) is 11.3 Å². The number of ether oxygens (including phenoxy) is 1. The molecule has 2 N–H and O–H groups in total. The maximum atomic E-state index is 17.3. The molecule has 5 aliphatic rings. The molecular weight excluding hydrogens is 734 g/mol. The number of hydrogen-bond donors (Lipinski definition) is 1. The van der Waals surface area contributed by atoms with Crippen molar-refractivity contribution in [2.75, 3.05) is 50.0 Å². The van der Waals surface area contributed by atoms with Gasteiger partial charge in [0.15, 0.2) is 5.82 Å². The number of nitrogens with two attached hydrogens (primary N) is 1. The van der Waals surface area contributed by atoms with Gasteiger partial charge in [0.05, 0.1) is 20.8 Å². The summed E-state index contributed by atoms with van der Waals surface area (Å²) in [6.45, 7) is 4.30. The Hall–Kier alpha value is -4.65. The van der Waals surface area contributed by atoms with E-state index in [0.717, 1.165) is 75.8 Å². The fourth-order valence-electron chi connectivity index (χ4n) is 10.1. The largest absolute Gasteiger partial charge is 0.461 e. The van der Waals surface area contributed by atoms with E-state index < -0.39 is 11.6 Å². The molecule has 278 valence electrons. The van der Waals surface area contributed by atoms with Crippen LogP contribution in [0.25, 0.3) is 32.1 Å². The molecule has 10 rings (SSSR count). The summed E-state index contributed by atoms with van der Waals surface area (Å²) in [7, 11) is 0. The first-order valence-corrected chi connectivity index (χ1v) is 19.8. The molecule has 54 heavy (non-hydrogen) atoms. The fourth-order valence-corrected chi connectivity index (χ4v) is 11.4. The molecule has 2 aromatic carbocycles. The summed E-state index contributed by atoms with van der Waals surface area (Å²) in [6.07, 6.45) is 11.0. The second-order valence-corrected chi connectivity index (χ2v) is 17.1. The van der Waals surface area contributed by atoms with Crippen LogP contribution in [0.3, 0.4) is 0 Å². The number of rotatable bonds is 6. The van der Waals surface area contributed by atoms with Crippen LogP contribution in [-0.2, 0) is 0 Å². The lowest BCUT2D eigenvalue weighted by atomic mass is 9.64. The molecule has 12 nitrogen and oxygen atoms in total. The average molecular weight is 771 g/mol. The Morgan fingerprint density at radius 2 is 1.91 bits per heavy atom. The number of nitriles is 1. The van der Waals surface area contributed by atoms with Crippen LogP contribution >= 0.6 is 22.9 Å². The lowest BCUT2D eigenvalue weighted by Gasteiger charge is -2.61. The van der Waals surface area contributed by atoms with Gasteiger partial charge in [-0.2, -0.15) is 25.0 Å². The van der Waals surface area contributed by atoms with Gasteiger partial charge in [-0.25, -0.2) is 18.6 Å². The number of aromatic nitrogens is 5. The Bertz CT molecular complexity index is 2390. The van der Waals surface area contributed by atoms with Gasteiger partial charge in [0.2, 0.25) is 0 Å². The molecule has 1 spiro atoms. The molecule has 5 aromatic rings. The number of fused-ring (bicyclic) bond motifs is 3. The third-order valence-corrected chi connectivity index (χ3v) is 13.9. The number of thiophene rings is 1. The van der Waals surface area contributed by atoms with Crippen molar-refractivity contribution in [1.29, 1.82) is 5.26 Å². The highest BCUT2D eigenvalue weighted by Crippen LogP contribution is 2.55. The molecular formula is C38H37ClF2N10O2S. The fraction of sp³-hybridized carbons (Fsp3) is 0.474. The van der Waals surface area contributed by atoms with E-state index in [1.165, 1.54) is 29.5 Å². The van der Waals surface area contributed by atoms with E-state index in [4.69, 9.17) is 32.0 Å². The van der Waals surface area contributed by atoms with E-state index in [1.54, 1.807) is 6.07 Å². The smallest absolute Gasteiger partial charge is 0.346 e. The summed E-state index contributed by atoms with van der Waals surface area (Å²) < 4.78 is 40.3. The first-order valence-electron chi connectivity index (χ1n) is 18.6. The number of carbonyl (C=O) groups excluding carboxylic acids is 1. The molecule has 3 aromatic heterocycles. The maximum Gasteiger partial charge on any atom is 0.346 e. The van der Waals surface area contributed by atoms with Crippen molar-refractivity contribution in [3.8, 4) is 23.2 Å². The molecule has 2 atom stereocenters. The summed E-state index contributed by atoms with van der Waals surface area (Å²) in [6, 6.07) is 6.35. The molecule has 0 radical (unpaired) electrons. The minimum absolute atomic E-state index is 0.000548. The molecule has 1 aliphatic carbocycles. The molecule has 4 aliphatic heterocycles. The van der Waals surface area contributed by atoms with Crippen LogP contribution in [0.4, 0.5) is 24.4 Å². The number of likely N-dealkylation sites (tertiary alicyclic amines) is 1. The summed E-state index contributed by atoms with van der Waals surface area (Å²) in [5.41, 5.74) is 6.22. The highest BCUT2D eigenvalue weighted by Gasteiger charge is 2.61. The van der Waals surface area contributed by atoms with Crippen LogP contribution in [0.15, 0.2) is 30.9 Å². The molecule has 1 amide bonds. The Morgan fingerprint density at radius 3 is 2.65 bits per heavy atom. The maximum absolute atomic E-state index is 17.3. The van der Waals surface area contributed by atoms with Gasteiger partial charge in [-0.15, -0.1) is 11.3 Å². The SMILES string of the molecule is N#Cc1c(N)sc2c(F)ccc(-c3c(Cl)cc4c(N5CCCC6(C5)CN(C(=O)n5cncn5)C6C5CC5)nc(OCC56CCCN5CCC6)nc4c3F)c12. The Kier molecular flexibility index (Phi) is 7.81. The molecule has 4 saturated heterocycles. The van der Waals surface area contributed by atoms with E-state index in [2.05, 4.69) is 26.0 Å². The van der Waals surface area contributed by atoms with Crippen LogP contribution in [-0.4, -0.2) is 91.5 Å². The van der Waals surface area contributed by atoms with E-state index in [0.29, 0.717) is 43.4 Å². The molecule has 2 unspecified atom stereocenters. The standard InChI is InChI=1S/C38H37ClF2N10O2S/c39-25-14-23-30(29(41)28(25)22-6-7-26(40)31-27(22)24(15-42)33(43)54-31)46-35(53-18-38-9-2-12-49(38)13-3-10-38)47-34(23)48-11-1-8-37(16-48)17-50(32(37)21-4-5-21)36(52)51-20-44-19-45-51/h6-7,14,19-21,32H,1-5,8-13,16-18,43H2. The van der Waals surface area contributed by atoms with E-state index >= 15 is 8.78 Å². The second-order valence-electron chi connectivity index (χ2n) is 15.7. The minimum Gasteiger partial charge on any atom is -0.461 e. The third-order valence-electron chi connectivity index (χ3n) is 12.6. The van der Waals surface area contributed by atoms with Crippen molar-refractivity contribution in [3.63, 3.8) is 0 Å². The van der Waals surface area contributed by atoms with Gasteiger partial charge in [0.1, 0.15) is 47.5 Å². The zero-order valence-electron chi connectivity index (χ0n) is 29.4. The van der Waals surface area contributed by atoms with Gasteiger partial charge in [0, 0.05) is 47.4 Å². The molecule has 7 heterocycles. The minimum atomic E-state index is -0.718. The van der Waals surface area contributed by atoms with E-state index in [-0.39, 0.29) is 71.4 Å². The Morgan fingerprint density at radius 1 is 1.11 bits per heavy atom. The zero-order chi connectivity index (χ0) is 36.9. The lowest BCUT2D eigenvalue weighted by Crippen LogP contribution is -2.72. The number of nitrogen functional groups attached to an aromatic ring is 1. The van der Waals surface area contributed by atoms with Crippen LogP contribution in [0.5, 0.6) is 6.01 Å². The number of benzene rings is 2. The zero-order valence-corrected chi connectivity index (χ0v) is 31.0. The highest BCUT2D eigenvalue weighted by atomic mass is 35.5. The highest BCUT2D eigenvalue weighted by molar-refractivity contribution is 7.23. The summed E-state index contributed by atoms with van der Waals surface area (Å²) in [4.78, 5) is 33.8. The van der Waals surface area contributed by atoms with Gasteiger partial charge in [-0.05, 0) is 88.1 Å². The van der Waals surface area contributed by atoms with E-state index in [9.17, 15) is 10.1 Å². The van der Waals surface area contributed by atoms with Crippen molar-refractivity contribution in [2.45, 2.75) is 62.9 Å². The summed E-state index contributed by atoms with van der Waals surface area (Å²) in [5.74, 6) is -0.354. The monoisotopic (exact) mass is 770 g/mol. The molecule has 16 heteroatoms. The Labute approximate surface area is 318 Å². The molecule has 5 fully saturated rings. The number of hydrogen-bond acceptors (Lipinski definition) is 11. The number of piperidine rings is 1. The van der Waals surface area contributed by atoms with Crippen molar-refractivity contribution in [1.82, 2.24) is 34.5 Å². The van der Waals surface area contributed by atoms with Crippen molar-refractivity contribution in [3.05, 3.63) is 53.1 Å². The van der Waals surface area contributed by atoms with Crippen molar-refractivity contribution >= 4 is 60.8 Å². The number of anilines is 2. The predicted molar refractivity (Wildman–Crippen MR) is 201 cm³/mol. The third kappa shape index (κ3) is 5.09. The van der Waals surface area contributed by atoms with Gasteiger partial charge in [-0.1, -0.05) is 17.7 Å². The Balaban J connectivity index is 1.08. The molecule has 1 saturated carbocycles. The van der Waals surface area contributed by atoms with Crippen LogP contribution in [0.1, 0.15) is 56.9 Å². The normalized spacial score (nSPS) is 23.6. The topological polar surface area (TPSA) is 142 Å². The summed E-state index contributed by atoms with van der Waals surface area (Å²) in [5, 5.41) is 14.9. The lowest BCUT2D eigenvalue weighted by molar-refractivity contribution is -0.0626. The van der Waals surface area contributed by atoms with Crippen LogP contribution in [0, 0.1) is 34.3 Å². The number of amides is 1. The number of carbonyl (C=O) groups is 1. The predicted octanol–water partition coefficient (Wildman–Crippen LogP) is 6.84. The first kappa shape index (κ1) is 33.9. The van der Waals surface area contributed by atoms with Crippen LogP contribution < -0.4 is 15.4 Å². The van der Waals surface area contributed by atoms with E-state index in [1.807, 2.05) is 4.90 Å². The second kappa shape index (κ2) is 12.4.